The molecule has 37 heavy (non-hydrogen) atoms. The van der Waals surface area contributed by atoms with Crippen molar-refractivity contribution in [2.75, 3.05) is 26.7 Å². The van der Waals surface area contributed by atoms with Crippen molar-refractivity contribution in [1.29, 1.82) is 0 Å². The molecule has 2 aromatic rings. The molecule has 0 unspecified atom stereocenters. The van der Waals surface area contributed by atoms with E-state index in [4.69, 9.17) is 0 Å². The summed E-state index contributed by atoms with van der Waals surface area (Å²) in [5.41, 5.74) is 9.42. The summed E-state index contributed by atoms with van der Waals surface area (Å²) in [6.45, 7) is 17.7. The van der Waals surface area contributed by atoms with E-state index >= 15 is 0 Å². The Hall–Kier alpha value is -2.59. The van der Waals surface area contributed by atoms with Crippen LogP contribution in [0.4, 0.5) is 0 Å². The molecule has 2 heterocycles. The minimum atomic E-state index is 0.210. The molecule has 4 nitrogen and oxygen atoms in total. The van der Waals surface area contributed by atoms with Gasteiger partial charge in [0.15, 0.2) is 0 Å². The van der Waals surface area contributed by atoms with Gasteiger partial charge in [-0.2, -0.15) is 0 Å². The van der Waals surface area contributed by atoms with E-state index in [-0.39, 0.29) is 5.91 Å². The maximum absolute atomic E-state index is 12.3. The fraction of sp³-hybridized carbons (Fsp3) is 0.545. The number of amides is 1. The van der Waals surface area contributed by atoms with Gasteiger partial charge in [-0.1, -0.05) is 58.1 Å². The number of likely N-dealkylation sites (N-methyl/N-ethyl adjacent to an activating group) is 1. The first-order valence-electron chi connectivity index (χ1n) is 14.4. The quantitative estimate of drug-likeness (QED) is 0.330. The van der Waals surface area contributed by atoms with Gasteiger partial charge in [-0.05, 0) is 98.6 Å². The number of piperidine rings is 1. The first-order valence-corrected chi connectivity index (χ1v) is 14.4. The van der Waals surface area contributed by atoms with Crippen molar-refractivity contribution in [2.45, 2.75) is 78.6 Å². The summed E-state index contributed by atoms with van der Waals surface area (Å²) in [4.78, 5) is 18.2. The molecule has 1 aromatic carbocycles. The molecular formula is C33H47N3O. The van der Waals surface area contributed by atoms with Gasteiger partial charge in [0.25, 0.3) is 0 Å². The van der Waals surface area contributed by atoms with Crippen LogP contribution in [-0.4, -0.2) is 42.5 Å². The summed E-state index contributed by atoms with van der Waals surface area (Å²) in [7, 11) is 1.83. The van der Waals surface area contributed by atoms with Gasteiger partial charge in [0.1, 0.15) is 0 Å². The number of likely N-dealkylation sites (tertiary alicyclic amines) is 1. The molecule has 4 rings (SSSR count). The van der Waals surface area contributed by atoms with Crippen molar-refractivity contribution in [3.8, 4) is 0 Å². The molecule has 1 saturated carbocycles. The lowest BCUT2D eigenvalue weighted by Crippen LogP contribution is -2.41. The van der Waals surface area contributed by atoms with Crippen LogP contribution in [0.3, 0.4) is 0 Å². The Labute approximate surface area is 224 Å². The molecule has 1 atom stereocenters. The maximum atomic E-state index is 12.3. The minimum absolute atomic E-state index is 0.210. The van der Waals surface area contributed by atoms with Crippen LogP contribution in [0.5, 0.6) is 0 Å². The number of nitrogens with one attached hydrogen (secondary N) is 2. The second kappa shape index (κ2) is 11.9. The van der Waals surface area contributed by atoms with Crippen molar-refractivity contribution >= 4 is 22.4 Å². The Morgan fingerprint density at radius 1 is 1.19 bits per heavy atom. The number of carbonyl (C=O) groups is 1. The van der Waals surface area contributed by atoms with Crippen molar-refractivity contribution in [3.63, 3.8) is 0 Å². The molecule has 1 amide bonds. The van der Waals surface area contributed by atoms with Gasteiger partial charge in [0, 0.05) is 29.6 Å². The number of hydrogen-bond donors (Lipinski definition) is 2. The zero-order valence-corrected chi connectivity index (χ0v) is 23.9. The summed E-state index contributed by atoms with van der Waals surface area (Å²) in [5, 5.41) is 4.33. The lowest BCUT2D eigenvalue weighted by Gasteiger charge is -2.32. The van der Waals surface area contributed by atoms with E-state index in [0.29, 0.717) is 24.3 Å². The van der Waals surface area contributed by atoms with E-state index in [9.17, 15) is 4.79 Å². The Bertz CT molecular complexity index is 1190. The van der Waals surface area contributed by atoms with E-state index < -0.39 is 0 Å². The molecule has 2 fully saturated rings. The highest BCUT2D eigenvalue weighted by atomic mass is 16.2. The number of aromatic amines is 1. The Balaban J connectivity index is 1.72. The summed E-state index contributed by atoms with van der Waals surface area (Å²) in [6, 6.07) is 7.01. The highest BCUT2D eigenvalue weighted by Gasteiger charge is 2.30. The average molecular weight is 502 g/mol. The van der Waals surface area contributed by atoms with Crippen molar-refractivity contribution < 1.29 is 4.79 Å². The predicted molar refractivity (Wildman–Crippen MR) is 158 cm³/mol. The van der Waals surface area contributed by atoms with Gasteiger partial charge in [0.05, 0.1) is 12.2 Å². The molecule has 2 aliphatic rings. The van der Waals surface area contributed by atoms with E-state index in [1.807, 2.05) is 18.0 Å². The van der Waals surface area contributed by atoms with Crippen LogP contribution in [0, 0.1) is 11.8 Å². The van der Waals surface area contributed by atoms with Crippen LogP contribution < -0.4 is 5.32 Å². The number of aromatic nitrogens is 1. The second-order valence-electron chi connectivity index (χ2n) is 11.6. The summed E-state index contributed by atoms with van der Waals surface area (Å²) in [5.74, 6) is 2.45. The van der Waals surface area contributed by atoms with Crippen LogP contribution in [0.25, 0.3) is 16.5 Å². The van der Waals surface area contributed by atoms with Crippen LogP contribution in [0.15, 0.2) is 48.1 Å². The minimum Gasteiger partial charge on any atom is -0.354 e. The van der Waals surface area contributed by atoms with Gasteiger partial charge < -0.3 is 15.2 Å². The Morgan fingerprint density at radius 2 is 1.89 bits per heavy atom. The highest BCUT2D eigenvalue weighted by Crippen LogP contribution is 2.44. The van der Waals surface area contributed by atoms with Gasteiger partial charge in [-0.3, -0.25) is 4.79 Å². The molecule has 1 aliphatic carbocycles. The van der Waals surface area contributed by atoms with E-state index in [2.05, 4.69) is 75.8 Å². The number of fused-ring (bicyclic) bond motifs is 1. The van der Waals surface area contributed by atoms with Crippen LogP contribution in [0.2, 0.25) is 0 Å². The lowest BCUT2D eigenvalue weighted by molar-refractivity contribution is -0.131. The van der Waals surface area contributed by atoms with Crippen LogP contribution in [0.1, 0.15) is 95.4 Å². The number of allylic oxidation sites excluding steroid dienone is 5. The fourth-order valence-corrected chi connectivity index (χ4v) is 6.00. The topological polar surface area (TPSA) is 48.1 Å². The molecule has 1 saturated heterocycles. The lowest BCUT2D eigenvalue weighted by atomic mass is 9.86. The fourth-order valence-electron chi connectivity index (χ4n) is 6.00. The third-order valence-electron chi connectivity index (χ3n) is 8.63. The molecule has 0 spiro atoms. The molecule has 1 aliphatic heterocycles. The number of hydrogen-bond acceptors (Lipinski definition) is 2. The molecule has 0 radical (unpaired) electrons. The molecule has 0 bridgehead atoms. The van der Waals surface area contributed by atoms with Crippen molar-refractivity contribution in [3.05, 3.63) is 64.9 Å². The van der Waals surface area contributed by atoms with E-state index in [1.54, 1.807) is 5.57 Å². The zero-order chi connectivity index (χ0) is 26.7. The number of benzene rings is 1. The monoisotopic (exact) mass is 501 g/mol. The molecule has 200 valence electrons. The summed E-state index contributed by atoms with van der Waals surface area (Å²) < 4.78 is 0. The maximum Gasteiger partial charge on any atom is 0.236 e. The summed E-state index contributed by atoms with van der Waals surface area (Å²) >= 11 is 0. The third-order valence-corrected chi connectivity index (χ3v) is 8.63. The van der Waals surface area contributed by atoms with Gasteiger partial charge >= 0.3 is 0 Å². The smallest absolute Gasteiger partial charge is 0.236 e. The highest BCUT2D eigenvalue weighted by molar-refractivity contribution is 5.93. The number of rotatable bonds is 10. The Morgan fingerprint density at radius 3 is 2.46 bits per heavy atom. The van der Waals surface area contributed by atoms with E-state index in [1.165, 1.54) is 58.1 Å². The predicted octanol–water partition coefficient (Wildman–Crippen LogP) is 7.56. The SMILES string of the molecule is C=C/C(C)=C(\C=C(\C1CC1)[C@H](C)CC)c1[nH]c2ccc(C3CCN(C(=O)CNC)CC3)cc2c1C(C)C. The standard InChI is InChI=1S/C33H47N3O/c1-8-22(5)27(25-10-11-25)19-28(23(6)9-2)33-32(21(3)4)29-18-26(12-13-30(29)35-33)24-14-16-36(17-15-24)31(37)20-34-7/h9,12-13,18-19,21-22,24-25,34-35H,2,8,10-11,14-17,20H2,1,3-7H3/b27-19+,28-23+/t22-/m1/s1. The first-order chi connectivity index (χ1) is 17.8. The summed E-state index contributed by atoms with van der Waals surface area (Å²) in [6.07, 6.45) is 10.4. The van der Waals surface area contributed by atoms with Gasteiger partial charge in [-0.25, -0.2) is 0 Å². The van der Waals surface area contributed by atoms with Gasteiger partial charge in [0.2, 0.25) is 5.91 Å². The number of carbonyl (C=O) groups excluding carboxylic acids is 1. The van der Waals surface area contributed by atoms with Crippen LogP contribution >= 0.6 is 0 Å². The average Bonchev–Trinajstić information content (AvgIpc) is 3.67. The van der Waals surface area contributed by atoms with Crippen molar-refractivity contribution in [2.24, 2.45) is 11.8 Å². The molecule has 2 N–H and O–H groups in total. The Kier molecular flexibility index (Phi) is 8.79. The molecule has 4 heteroatoms. The largest absolute Gasteiger partial charge is 0.354 e. The molecule has 1 aromatic heterocycles. The number of H-pyrrole nitrogens is 1. The molecular weight excluding hydrogens is 454 g/mol. The third kappa shape index (κ3) is 5.95. The van der Waals surface area contributed by atoms with Crippen LogP contribution in [-0.2, 0) is 4.79 Å². The van der Waals surface area contributed by atoms with Crippen molar-refractivity contribution in [1.82, 2.24) is 15.2 Å². The van der Waals surface area contributed by atoms with E-state index in [0.717, 1.165) is 31.8 Å². The second-order valence-corrected chi connectivity index (χ2v) is 11.6. The normalized spacial score (nSPS) is 18.9. The van der Waals surface area contributed by atoms with Gasteiger partial charge in [-0.15, -0.1) is 0 Å². The number of nitrogens with zero attached hydrogens (tertiary/aromatic N) is 1. The zero-order valence-electron chi connectivity index (χ0n) is 23.9. The first kappa shape index (κ1) is 27.4.